The van der Waals surface area contributed by atoms with Gasteiger partial charge in [0, 0.05) is 32.2 Å². The van der Waals surface area contributed by atoms with Gasteiger partial charge in [0.1, 0.15) is 0 Å². The second-order valence-corrected chi connectivity index (χ2v) is 3.93. The molecule has 1 aliphatic rings. The van der Waals surface area contributed by atoms with Crippen LogP contribution in [0.2, 0.25) is 0 Å². The van der Waals surface area contributed by atoms with Gasteiger partial charge in [-0.1, -0.05) is 0 Å². The van der Waals surface area contributed by atoms with Gasteiger partial charge in [-0.2, -0.15) is 0 Å². The van der Waals surface area contributed by atoms with Crippen LogP contribution in [0.1, 0.15) is 13.8 Å². The zero-order chi connectivity index (χ0) is 12.0. The van der Waals surface area contributed by atoms with Crippen LogP contribution in [-0.4, -0.2) is 55.6 Å². The van der Waals surface area contributed by atoms with Gasteiger partial charge in [0.15, 0.2) is 0 Å². The Morgan fingerprint density at radius 3 is 2.76 bits per heavy atom. The van der Waals surface area contributed by atoms with Crippen molar-refractivity contribution in [3.05, 3.63) is 0 Å². The van der Waals surface area contributed by atoms with E-state index in [1.807, 2.05) is 6.92 Å². The molecule has 3 N–H and O–H groups in total. The van der Waals surface area contributed by atoms with E-state index in [0.29, 0.717) is 12.6 Å². The molecule has 7 heteroatoms. The van der Waals surface area contributed by atoms with Gasteiger partial charge in [-0.05, 0) is 13.8 Å². The predicted octanol–water partition coefficient (Wildman–Crippen LogP) is -0.452. The van der Waals surface area contributed by atoms with Gasteiger partial charge < -0.3 is 10.6 Å². The molecule has 0 aromatic heterocycles. The summed E-state index contributed by atoms with van der Waals surface area (Å²) in [7, 11) is 0. The van der Waals surface area contributed by atoms with Crippen molar-refractivity contribution in [2.75, 3.05) is 32.7 Å². The third kappa shape index (κ3) is 5.86. The van der Waals surface area contributed by atoms with Gasteiger partial charge in [0.2, 0.25) is 5.91 Å². The molecule has 6 nitrogen and oxygen atoms in total. The minimum Gasteiger partial charge on any atom is -0.338 e. The second-order valence-electron chi connectivity index (χ2n) is 3.93. The number of imide groups is 1. The monoisotopic (exact) mass is 264 g/mol. The topological polar surface area (TPSA) is 73.5 Å². The average molecular weight is 265 g/mol. The Balaban J connectivity index is 0.00000256. The third-order valence-electron chi connectivity index (χ3n) is 2.58. The Labute approximate surface area is 108 Å². The molecule has 0 aromatic rings. The first kappa shape index (κ1) is 16.1. The summed E-state index contributed by atoms with van der Waals surface area (Å²) in [5.41, 5.74) is 0. The Hall–Kier alpha value is -0.850. The van der Waals surface area contributed by atoms with Gasteiger partial charge >= 0.3 is 6.03 Å². The van der Waals surface area contributed by atoms with Crippen molar-refractivity contribution in [3.8, 4) is 0 Å². The van der Waals surface area contributed by atoms with E-state index in [0.717, 1.165) is 19.6 Å². The lowest BCUT2D eigenvalue weighted by Gasteiger charge is -2.33. The van der Waals surface area contributed by atoms with Crippen LogP contribution in [0.25, 0.3) is 0 Å². The normalized spacial score (nSPS) is 20.2. The highest BCUT2D eigenvalue weighted by Gasteiger charge is 2.20. The fourth-order valence-electron chi connectivity index (χ4n) is 1.67. The van der Waals surface area contributed by atoms with Crippen molar-refractivity contribution < 1.29 is 9.59 Å². The number of halogens is 1. The maximum Gasteiger partial charge on any atom is 0.321 e. The van der Waals surface area contributed by atoms with Crippen molar-refractivity contribution in [1.29, 1.82) is 0 Å². The largest absolute Gasteiger partial charge is 0.338 e. The number of amides is 3. The number of nitrogens with one attached hydrogen (secondary N) is 3. The Morgan fingerprint density at radius 1 is 1.47 bits per heavy atom. The smallest absolute Gasteiger partial charge is 0.321 e. The van der Waals surface area contributed by atoms with Gasteiger partial charge in [-0.15, -0.1) is 12.4 Å². The highest BCUT2D eigenvalue weighted by Crippen LogP contribution is 2.00. The summed E-state index contributed by atoms with van der Waals surface area (Å²) in [5, 5.41) is 8.07. The van der Waals surface area contributed by atoms with E-state index in [2.05, 4.69) is 27.8 Å². The molecule has 0 aromatic carbocycles. The van der Waals surface area contributed by atoms with Crippen molar-refractivity contribution in [2.24, 2.45) is 0 Å². The fraction of sp³-hybridized carbons (Fsp3) is 0.800. The van der Waals surface area contributed by atoms with E-state index in [4.69, 9.17) is 0 Å². The SMILES string of the molecule is CCNC(=O)NC(=O)CN1CCNC[C@H]1C.Cl. The van der Waals surface area contributed by atoms with Crippen LogP contribution in [-0.2, 0) is 4.79 Å². The van der Waals surface area contributed by atoms with Crippen LogP contribution in [0.5, 0.6) is 0 Å². The molecule has 0 spiro atoms. The first-order valence-corrected chi connectivity index (χ1v) is 5.66. The number of hydrogen-bond acceptors (Lipinski definition) is 4. The Morgan fingerprint density at radius 2 is 2.18 bits per heavy atom. The van der Waals surface area contributed by atoms with Crippen molar-refractivity contribution in [3.63, 3.8) is 0 Å². The standard InChI is InChI=1S/C10H20N4O2.ClH/c1-3-12-10(16)13-9(15)7-14-5-4-11-6-8(14)2;/h8,11H,3-7H2,1-2H3,(H2,12,13,15,16);1H/t8-;/m1./s1. The molecular formula is C10H21ClN4O2. The molecule has 3 amide bonds. The number of rotatable bonds is 3. The molecule has 0 unspecified atom stereocenters. The molecule has 1 atom stereocenters. The van der Waals surface area contributed by atoms with E-state index in [9.17, 15) is 9.59 Å². The number of urea groups is 1. The number of hydrogen-bond donors (Lipinski definition) is 3. The molecule has 17 heavy (non-hydrogen) atoms. The van der Waals surface area contributed by atoms with E-state index in [1.165, 1.54) is 0 Å². The Bertz CT molecular complexity index is 263. The number of carbonyl (C=O) groups is 2. The molecule has 0 aliphatic carbocycles. The fourth-order valence-corrected chi connectivity index (χ4v) is 1.67. The lowest BCUT2D eigenvalue weighted by Crippen LogP contribution is -2.53. The summed E-state index contributed by atoms with van der Waals surface area (Å²) in [6, 6.07) is -0.0935. The minimum atomic E-state index is -0.421. The molecule has 0 bridgehead atoms. The molecule has 1 rings (SSSR count). The van der Waals surface area contributed by atoms with E-state index in [1.54, 1.807) is 0 Å². The van der Waals surface area contributed by atoms with Crippen LogP contribution in [0.4, 0.5) is 4.79 Å². The predicted molar refractivity (Wildman–Crippen MR) is 68.4 cm³/mol. The molecule has 1 heterocycles. The highest BCUT2D eigenvalue weighted by molar-refractivity contribution is 5.95. The summed E-state index contributed by atoms with van der Waals surface area (Å²) < 4.78 is 0. The first-order chi connectivity index (χ1) is 7.63. The maximum atomic E-state index is 11.5. The minimum absolute atomic E-state index is 0. The number of nitrogens with zero attached hydrogens (tertiary/aromatic N) is 1. The summed E-state index contributed by atoms with van der Waals surface area (Å²) in [4.78, 5) is 24.7. The van der Waals surface area contributed by atoms with Crippen LogP contribution in [0, 0.1) is 0 Å². The lowest BCUT2D eigenvalue weighted by atomic mass is 10.2. The van der Waals surface area contributed by atoms with Gasteiger partial charge in [-0.3, -0.25) is 15.0 Å². The Kier molecular flexibility index (Phi) is 7.86. The molecule has 1 aliphatic heterocycles. The van der Waals surface area contributed by atoms with Crippen molar-refractivity contribution in [1.82, 2.24) is 20.9 Å². The van der Waals surface area contributed by atoms with E-state index in [-0.39, 0.29) is 24.9 Å². The van der Waals surface area contributed by atoms with Gasteiger partial charge in [0.05, 0.1) is 6.54 Å². The number of piperazine rings is 1. The lowest BCUT2D eigenvalue weighted by molar-refractivity contribution is -0.121. The molecule has 1 saturated heterocycles. The van der Waals surface area contributed by atoms with Crippen LogP contribution in [0.3, 0.4) is 0 Å². The summed E-state index contributed by atoms with van der Waals surface area (Å²) in [6.45, 7) is 7.27. The molecule has 100 valence electrons. The van der Waals surface area contributed by atoms with Gasteiger partial charge in [-0.25, -0.2) is 4.79 Å². The number of carbonyl (C=O) groups excluding carboxylic acids is 2. The molecule has 1 fully saturated rings. The average Bonchev–Trinajstić information content (AvgIpc) is 2.21. The van der Waals surface area contributed by atoms with Crippen LogP contribution in [0.15, 0.2) is 0 Å². The molecule has 0 saturated carbocycles. The second kappa shape index (κ2) is 8.27. The third-order valence-corrected chi connectivity index (χ3v) is 2.58. The maximum absolute atomic E-state index is 11.5. The van der Waals surface area contributed by atoms with Crippen molar-refractivity contribution >= 4 is 24.3 Å². The highest BCUT2D eigenvalue weighted by atomic mass is 35.5. The first-order valence-electron chi connectivity index (χ1n) is 5.66. The van der Waals surface area contributed by atoms with E-state index < -0.39 is 6.03 Å². The summed E-state index contributed by atoms with van der Waals surface area (Å²) >= 11 is 0. The quantitative estimate of drug-likeness (QED) is 0.646. The molecule has 0 radical (unpaired) electrons. The zero-order valence-electron chi connectivity index (χ0n) is 10.3. The summed E-state index contributed by atoms with van der Waals surface area (Å²) in [5.74, 6) is -0.250. The van der Waals surface area contributed by atoms with Gasteiger partial charge in [0.25, 0.3) is 0 Å². The van der Waals surface area contributed by atoms with E-state index >= 15 is 0 Å². The van der Waals surface area contributed by atoms with Crippen LogP contribution >= 0.6 is 12.4 Å². The van der Waals surface area contributed by atoms with Crippen molar-refractivity contribution in [2.45, 2.75) is 19.9 Å². The van der Waals surface area contributed by atoms with Crippen LogP contribution < -0.4 is 16.0 Å². The summed E-state index contributed by atoms with van der Waals surface area (Å²) in [6.07, 6.45) is 0. The molecular weight excluding hydrogens is 244 g/mol. The zero-order valence-corrected chi connectivity index (χ0v) is 11.1.